The lowest BCUT2D eigenvalue weighted by atomic mass is 9.66. The van der Waals surface area contributed by atoms with Gasteiger partial charge in [0.2, 0.25) is 6.79 Å². The predicted octanol–water partition coefficient (Wildman–Crippen LogP) is 1.68. The summed E-state index contributed by atoms with van der Waals surface area (Å²) < 4.78 is 16.5. The van der Waals surface area contributed by atoms with Gasteiger partial charge < -0.3 is 19.5 Å². The third-order valence-electron chi connectivity index (χ3n) is 5.01. The molecule has 4 nitrogen and oxygen atoms in total. The number of rotatable bonds is 4. The van der Waals surface area contributed by atoms with Crippen molar-refractivity contribution in [1.82, 2.24) is 5.32 Å². The summed E-state index contributed by atoms with van der Waals surface area (Å²) in [5.41, 5.74) is 1.88. The fourth-order valence-electron chi connectivity index (χ4n) is 3.59. The number of benzene rings is 1. The van der Waals surface area contributed by atoms with Gasteiger partial charge in [-0.2, -0.15) is 0 Å². The summed E-state index contributed by atoms with van der Waals surface area (Å²) in [4.78, 5) is 0. The van der Waals surface area contributed by atoms with Gasteiger partial charge in [-0.25, -0.2) is 0 Å². The van der Waals surface area contributed by atoms with Crippen LogP contribution in [-0.2, 0) is 10.2 Å². The smallest absolute Gasteiger partial charge is 0.231 e. The molecule has 19 heavy (non-hydrogen) atoms. The molecule has 0 bridgehead atoms. The molecule has 3 aliphatic rings. The molecule has 1 saturated carbocycles. The summed E-state index contributed by atoms with van der Waals surface area (Å²) in [5, 5.41) is 3.35. The molecule has 0 unspecified atom stereocenters. The second kappa shape index (κ2) is 3.87. The summed E-state index contributed by atoms with van der Waals surface area (Å²) >= 11 is 0. The van der Waals surface area contributed by atoms with E-state index in [2.05, 4.69) is 17.4 Å². The van der Waals surface area contributed by atoms with E-state index < -0.39 is 0 Å². The maximum atomic E-state index is 5.58. The Morgan fingerprint density at radius 2 is 1.95 bits per heavy atom. The topological polar surface area (TPSA) is 39.7 Å². The van der Waals surface area contributed by atoms with Crippen LogP contribution >= 0.6 is 0 Å². The molecule has 102 valence electrons. The first kappa shape index (κ1) is 11.6. The normalized spacial score (nSPS) is 24.9. The quantitative estimate of drug-likeness (QED) is 0.895. The zero-order chi connectivity index (χ0) is 12.9. The zero-order valence-electron chi connectivity index (χ0n) is 11.2. The van der Waals surface area contributed by atoms with Gasteiger partial charge in [-0.1, -0.05) is 6.07 Å². The van der Waals surface area contributed by atoms with Gasteiger partial charge in [-0.05, 0) is 43.0 Å². The molecular formula is C15H19NO3. The Balaban J connectivity index is 1.73. The second-order valence-corrected chi connectivity index (χ2v) is 5.95. The summed E-state index contributed by atoms with van der Waals surface area (Å²) in [6.45, 7) is 3.05. The van der Waals surface area contributed by atoms with Gasteiger partial charge in [0.15, 0.2) is 11.5 Å². The molecule has 1 aromatic carbocycles. The van der Waals surface area contributed by atoms with Crippen molar-refractivity contribution in [2.24, 2.45) is 5.41 Å². The molecule has 1 N–H and O–H groups in total. The molecule has 1 aliphatic carbocycles. The molecule has 2 fully saturated rings. The van der Waals surface area contributed by atoms with E-state index in [-0.39, 0.29) is 5.41 Å². The highest BCUT2D eigenvalue weighted by Gasteiger charge is 2.63. The van der Waals surface area contributed by atoms with Crippen LogP contribution in [0.5, 0.6) is 11.5 Å². The Labute approximate surface area is 113 Å². The van der Waals surface area contributed by atoms with Gasteiger partial charge in [0.25, 0.3) is 0 Å². The maximum absolute atomic E-state index is 5.58. The molecule has 0 amide bonds. The van der Waals surface area contributed by atoms with E-state index in [9.17, 15) is 0 Å². The molecule has 1 aromatic rings. The third-order valence-corrected chi connectivity index (χ3v) is 5.01. The van der Waals surface area contributed by atoms with E-state index in [1.165, 1.54) is 18.4 Å². The van der Waals surface area contributed by atoms with Crippen LogP contribution < -0.4 is 14.8 Å². The first-order valence-electron chi connectivity index (χ1n) is 6.92. The van der Waals surface area contributed by atoms with Gasteiger partial charge in [-0.15, -0.1) is 0 Å². The van der Waals surface area contributed by atoms with E-state index in [0.717, 1.165) is 31.3 Å². The molecule has 0 aromatic heterocycles. The highest BCUT2D eigenvalue weighted by molar-refractivity contribution is 5.48. The molecule has 0 spiro atoms. The Bertz CT molecular complexity index is 506. The van der Waals surface area contributed by atoms with Crippen LogP contribution in [-0.4, -0.2) is 33.6 Å². The van der Waals surface area contributed by atoms with Crippen LogP contribution in [0.25, 0.3) is 0 Å². The van der Waals surface area contributed by atoms with Crippen LogP contribution in [0, 0.1) is 5.41 Å². The van der Waals surface area contributed by atoms with E-state index in [0.29, 0.717) is 12.2 Å². The molecule has 2 heterocycles. The number of nitrogens with one attached hydrogen (secondary N) is 1. The molecule has 4 rings (SSSR count). The Kier molecular flexibility index (Phi) is 2.35. The minimum absolute atomic E-state index is 0.164. The number of fused-ring (bicyclic) bond motifs is 1. The predicted molar refractivity (Wildman–Crippen MR) is 70.7 cm³/mol. The highest BCUT2D eigenvalue weighted by Crippen LogP contribution is 2.62. The van der Waals surface area contributed by atoms with Crippen LogP contribution in [0.4, 0.5) is 0 Å². The third kappa shape index (κ3) is 1.47. The molecular weight excluding hydrogens is 242 g/mol. The van der Waals surface area contributed by atoms with Gasteiger partial charge in [0, 0.05) is 12.0 Å². The van der Waals surface area contributed by atoms with Crippen molar-refractivity contribution < 1.29 is 14.2 Å². The fraction of sp³-hybridized carbons (Fsp3) is 0.600. The number of hydrogen-bond donors (Lipinski definition) is 1. The van der Waals surface area contributed by atoms with Crippen molar-refractivity contribution in [2.45, 2.75) is 18.3 Å². The lowest BCUT2D eigenvalue weighted by Gasteiger charge is -2.48. The lowest BCUT2D eigenvalue weighted by molar-refractivity contribution is -0.0986. The summed E-state index contributed by atoms with van der Waals surface area (Å²) in [6.07, 6.45) is 2.57. The minimum atomic E-state index is 0.164. The first-order chi connectivity index (χ1) is 9.30. The molecule has 0 radical (unpaired) electrons. The summed E-state index contributed by atoms with van der Waals surface area (Å²) in [6, 6.07) is 6.37. The van der Waals surface area contributed by atoms with Gasteiger partial charge in [-0.3, -0.25) is 0 Å². The monoisotopic (exact) mass is 261 g/mol. The molecule has 0 atom stereocenters. The van der Waals surface area contributed by atoms with Crippen molar-refractivity contribution in [1.29, 1.82) is 0 Å². The minimum Gasteiger partial charge on any atom is -0.454 e. The van der Waals surface area contributed by atoms with Crippen molar-refractivity contribution in [3.8, 4) is 11.5 Å². The Morgan fingerprint density at radius 1 is 1.16 bits per heavy atom. The molecule has 4 heteroatoms. The SMILES string of the molecule is CNCC1(C2(c3ccc4c(c3)OCO4)COC2)CC1. The van der Waals surface area contributed by atoms with Crippen molar-refractivity contribution in [2.75, 3.05) is 33.6 Å². The van der Waals surface area contributed by atoms with Gasteiger partial charge in [0.1, 0.15) is 0 Å². The van der Waals surface area contributed by atoms with E-state index in [1.54, 1.807) is 0 Å². The standard InChI is InChI=1S/C15H19NO3/c1-16-7-14(4-5-14)15(8-17-9-15)11-2-3-12-13(6-11)19-10-18-12/h2-3,6,16H,4-5,7-10H2,1H3. The van der Waals surface area contributed by atoms with Crippen LogP contribution in [0.1, 0.15) is 18.4 Å². The van der Waals surface area contributed by atoms with Crippen molar-refractivity contribution in [3.63, 3.8) is 0 Å². The summed E-state index contributed by atoms with van der Waals surface area (Å²) in [7, 11) is 2.03. The van der Waals surface area contributed by atoms with E-state index >= 15 is 0 Å². The van der Waals surface area contributed by atoms with E-state index in [4.69, 9.17) is 14.2 Å². The van der Waals surface area contributed by atoms with Gasteiger partial charge >= 0.3 is 0 Å². The fourth-order valence-corrected chi connectivity index (χ4v) is 3.59. The van der Waals surface area contributed by atoms with Crippen LogP contribution in [0.3, 0.4) is 0 Å². The second-order valence-electron chi connectivity index (χ2n) is 5.95. The average molecular weight is 261 g/mol. The average Bonchev–Trinajstić information content (AvgIpc) is 2.98. The number of ether oxygens (including phenoxy) is 3. The summed E-state index contributed by atoms with van der Waals surface area (Å²) in [5.74, 6) is 1.74. The Hall–Kier alpha value is -1.26. The van der Waals surface area contributed by atoms with Crippen LogP contribution in [0.15, 0.2) is 18.2 Å². The largest absolute Gasteiger partial charge is 0.454 e. The van der Waals surface area contributed by atoms with Crippen LogP contribution in [0.2, 0.25) is 0 Å². The van der Waals surface area contributed by atoms with Crippen molar-refractivity contribution in [3.05, 3.63) is 23.8 Å². The lowest BCUT2D eigenvalue weighted by Crippen LogP contribution is -2.56. The first-order valence-corrected chi connectivity index (χ1v) is 6.92. The highest BCUT2D eigenvalue weighted by atomic mass is 16.7. The van der Waals surface area contributed by atoms with Gasteiger partial charge in [0.05, 0.1) is 13.2 Å². The molecule has 2 aliphatic heterocycles. The Morgan fingerprint density at radius 3 is 2.58 bits per heavy atom. The van der Waals surface area contributed by atoms with E-state index in [1.807, 2.05) is 13.1 Å². The zero-order valence-corrected chi connectivity index (χ0v) is 11.2. The van der Waals surface area contributed by atoms with Crippen molar-refractivity contribution >= 4 is 0 Å². The maximum Gasteiger partial charge on any atom is 0.231 e. The molecule has 1 saturated heterocycles. The number of hydrogen-bond acceptors (Lipinski definition) is 4.